The van der Waals surface area contributed by atoms with E-state index < -0.39 is 18.2 Å². The fourth-order valence-corrected chi connectivity index (χ4v) is 3.29. The van der Waals surface area contributed by atoms with Gasteiger partial charge in [-0.05, 0) is 31.2 Å². The van der Waals surface area contributed by atoms with Crippen LogP contribution in [-0.2, 0) is 4.74 Å². The molecule has 164 valence electrons. The second-order valence-corrected chi connectivity index (χ2v) is 7.09. The topological polar surface area (TPSA) is 131 Å². The van der Waals surface area contributed by atoms with Crippen molar-refractivity contribution < 1.29 is 29.0 Å². The number of carbonyl (C=O) groups is 3. The Hall–Kier alpha value is -3.43. The second-order valence-electron chi connectivity index (χ2n) is 7.09. The van der Waals surface area contributed by atoms with E-state index in [2.05, 4.69) is 5.32 Å². The van der Waals surface area contributed by atoms with Gasteiger partial charge in [0.25, 0.3) is 5.91 Å². The number of nitrogens with one attached hydrogen (secondary N) is 1. The fourth-order valence-electron chi connectivity index (χ4n) is 3.29. The molecule has 1 fully saturated rings. The number of nitrogens with two attached hydrogens (primary N) is 1. The maximum atomic E-state index is 12.9. The summed E-state index contributed by atoms with van der Waals surface area (Å²) in [7, 11) is 0. The van der Waals surface area contributed by atoms with E-state index in [0.717, 1.165) is 0 Å². The molecule has 0 aliphatic carbocycles. The van der Waals surface area contributed by atoms with Crippen LogP contribution in [0.5, 0.6) is 5.75 Å². The predicted octanol–water partition coefficient (Wildman–Crippen LogP) is 1.71. The highest BCUT2D eigenvalue weighted by atomic mass is 16.7. The minimum absolute atomic E-state index is 0.0442. The van der Waals surface area contributed by atoms with Gasteiger partial charge in [-0.3, -0.25) is 9.59 Å². The zero-order valence-corrected chi connectivity index (χ0v) is 17.1. The molecule has 1 saturated heterocycles. The third kappa shape index (κ3) is 5.39. The largest absolute Gasteiger partial charge is 0.467 e. The molecular weight excluding hydrogens is 402 g/mol. The lowest BCUT2D eigenvalue weighted by molar-refractivity contribution is 0.0220. The SMILES string of the molecule is CCOCOc1ccccc1C(=O)c1ccc(C(=O)N[C@@H]2CN(C(=O)O)C[C@H]2N)cc1. The van der Waals surface area contributed by atoms with Gasteiger partial charge in [-0.15, -0.1) is 0 Å². The highest BCUT2D eigenvalue weighted by molar-refractivity contribution is 6.11. The Morgan fingerprint density at radius 1 is 1.10 bits per heavy atom. The highest BCUT2D eigenvalue weighted by Crippen LogP contribution is 2.22. The van der Waals surface area contributed by atoms with E-state index in [-0.39, 0.29) is 31.6 Å². The Balaban J connectivity index is 1.67. The number of nitrogens with zero attached hydrogens (tertiary/aromatic N) is 1. The first kappa shape index (κ1) is 22.3. The van der Waals surface area contributed by atoms with Gasteiger partial charge in [0.2, 0.25) is 0 Å². The van der Waals surface area contributed by atoms with Crippen molar-refractivity contribution >= 4 is 17.8 Å². The number of hydrogen-bond donors (Lipinski definition) is 3. The number of hydrogen-bond acceptors (Lipinski definition) is 6. The van der Waals surface area contributed by atoms with Gasteiger partial charge in [-0.1, -0.05) is 24.3 Å². The minimum Gasteiger partial charge on any atom is -0.467 e. The van der Waals surface area contributed by atoms with Gasteiger partial charge < -0.3 is 30.5 Å². The van der Waals surface area contributed by atoms with E-state index in [1.165, 1.54) is 4.90 Å². The first-order chi connectivity index (χ1) is 14.9. The summed E-state index contributed by atoms with van der Waals surface area (Å²) >= 11 is 0. The molecule has 9 heteroatoms. The van der Waals surface area contributed by atoms with Crippen molar-refractivity contribution in [1.82, 2.24) is 10.2 Å². The zero-order chi connectivity index (χ0) is 22.4. The van der Waals surface area contributed by atoms with Gasteiger partial charge in [0.05, 0.1) is 11.6 Å². The van der Waals surface area contributed by atoms with E-state index in [9.17, 15) is 14.4 Å². The predicted molar refractivity (Wildman–Crippen MR) is 112 cm³/mol. The summed E-state index contributed by atoms with van der Waals surface area (Å²) in [6.07, 6.45) is -1.07. The zero-order valence-electron chi connectivity index (χ0n) is 17.1. The number of carbonyl (C=O) groups excluding carboxylic acids is 2. The van der Waals surface area contributed by atoms with Crippen molar-refractivity contribution in [2.24, 2.45) is 5.73 Å². The summed E-state index contributed by atoms with van der Waals surface area (Å²) in [4.78, 5) is 37.7. The van der Waals surface area contributed by atoms with Crippen LogP contribution in [0.2, 0.25) is 0 Å². The van der Waals surface area contributed by atoms with Crippen molar-refractivity contribution in [3.63, 3.8) is 0 Å². The molecule has 1 aliphatic rings. The molecule has 0 bridgehead atoms. The van der Waals surface area contributed by atoms with Gasteiger partial charge in [0.1, 0.15) is 5.75 Å². The molecule has 0 spiro atoms. The van der Waals surface area contributed by atoms with E-state index in [4.69, 9.17) is 20.3 Å². The van der Waals surface area contributed by atoms with Gasteiger partial charge in [0.15, 0.2) is 12.6 Å². The summed E-state index contributed by atoms with van der Waals surface area (Å²) < 4.78 is 10.7. The van der Waals surface area contributed by atoms with Crippen molar-refractivity contribution in [3.8, 4) is 5.75 Å². The molecule has 1 heterocycles. The number of para-hydroxylation sites is 1. The summed E-state index contributed by atoms with van der Waals surface area (Å²) in [5, 5.41) is 11.8. The number of rotatable bonds is 8. The molecule has 0 unspecified atom stereocenters. The molecule has 0 saturated carbocycles. The lowest BCUT2D eigenvalue weighted by Crippen LogP contribution is -2.46. The third-order valence-corrected chi connectivity index (χ3v) is 4.99. The average Bonchev–Trinajstić information content (AvgIpc) is 3.14. The summed E-state index contributed by atoms with van der Waals surface area (Å²) in [5.74, 6) is -0.206. The number of likely N-dealkylation sites (tertiary alicyclic amines) is 1. The molecule has 0 aromatic heterocycles. The van der Waals surface area contributed by atoms with Crippen LogP contribution < -0.4 is 15.8 Å². The monoisotopic (exact) mass is 427 g/mol. The lowest BCUT2D eigenvalue weighted by Gasteiger charge is -2.16. The van der Waals surface area contributed by atoms with Crippen LogP contribution >= 0.6 is 0 Å². The third-order valence-electron chi connectivity index (χ3n) is 4.99. The van der Waals surface area contributed by atoms with Crippen molar-refractivity contribution in [2.75, 3.05) is 26.5 Å². The molecular formula is C22H25N3O6. The quantitative estimate of drug-likeness (QED) is 0.332. The number of benzene rings is 2. The van der Waals surface area contributed by atoms with Crippen molar-refractivity contribution in [1.29, 1.82) is 0 Å². The van der Waals surface area contributed by atoms with Crippen LogP contribution in [0.25, 0.3) is 0 Å². The first-order valence-electron chi connectivity index (χ1n) is 9.89. The summed E-state index contributed by atoms with van der Waals surface area (Å²) in [6, 6.07) is 12.1. The standard InChI is InChI=1S/C22H25N3O6/c1-2-30-13-31-19-6-4-3-5-16(19)20(26)14-7-9-15(10-8-14)21(27)24-18-12-25(22(28)29)11-17(18)23/h3-10,17-18H,2,11-13,23H2,1H3,(H,24,27)(H,28,29)/t17-,18-/m1/s1. The maximum absolute atomic E-state index is 12.9. The molecule has 2 aromatic carbocycles. The maximum Gasteiger partial charge on any atom is 0.407 e. The molecule has 3 rings (SSSR count). The highest BCUT2D eigenvalue weighted by Gasteiger charge is 2.34. The van der Waals surface area contributed by atoms with Crippen LogP contribution in [0.4, 0.5) is 4.79 Å². The van der Waals surface area contributed by atoms with E-state index >= 15 is 0 Å². The van der Waals surface area contributed by atoms with Crippen LogP contribution in [0, 0.1) is 0 Å². The van der Waals surface area contributed by atoms with Gasteiger partial charge >= 0.3 is 6.09 Å². The Kier molecular flexibility index (Phi) is 7.22. The normalized spacial score (nSPS) is 17.9. The molecule has 2 atom stereocenters. The number of ether oxygens (including phenoxy) is 2. The van der Waals surface area contributed by atoms with Gasteiger partial charge in [-0.2, -0.15) is 0 Å². The van der Waals surface area contributed by atoms with E-state index in [0.29, 0.717) is 29.0 Å². The Morgan fingerprint density at radius 3 is 2.42 bits per heavy atom. The second kappa shape index (κ2) is 10.1. The van der Waals surface area contributed by atoms with Gasteiger partial charge in [0, 0.05) is 36.9 Å². The summed E-state index contributed by atoms with van der Waals surface area (Å²) in [5.41, 5.74) is 7.08. The lowest BCUT2D eigenvalue weighted by atomic mass is 10.0. The van der Waals surface area contributed by atoms with E-state index in [1.807, 2.05) is 6.92 Å². The first-order valence-corrected chi connectivity index (χ1v) is 9.89. The molecule has 9 nitrogen and oxygen atoms in total. The molecule has 1 aliphatic heterocycles. The average molecular weight is 427 g/mol. The van der Waals surface area contributed by atoms with E-state index in [1.54, 1.807) is 48.5 Å². The van der Waals surface area contributed by atoms with Crippen molar-refractivity contribution in [2.45, 2.75) is 19.0 Å². The molecule has 31 heavy (non-hydrogen) atoms. The number of carboxylic acid groups (broad SMARTS) is 1. The number of ketones is 1. The van der Waals surface area contributed by atoms with Crippen LogP contribution in [0.3, 0.4) is 0 Å². The smallest absolute Gasteiger partial charge is 0.407 e. The number of amides is 2. The van der Waals surface area contributed by atoms with Crippen molar-refractivity contribution in [3.05, 3.63) is 65.2 Å². The Morgan fingerprint density at radius 2 is 1.77 bits per heavy atom. The Labute approximate surface area is 179 Å². The molecule has 2 aromatic rings. The Bertz CT molecular complexity index is 947. The van der Waals surface area contributed by atoms with Crippen LogP contribution in [0.15, 0.2) is 48.5 Å². The van der Waals surface area contributed by atoms with Crippen LogP contribution in [0.1, 0.15) is 33.2 Å². The molecule has 2 amide bonds. The summed E-state index contributed by atoms with van der Waals surface area (Å²) in [6.45, 7) is 2.69. The minimum atomic E-state index is -1.07. The van der Waals surface area contributed by atoms with Gasteiger partial charge in [-0.25, -0.2) is 4.79 Å². The molecule has 4 N–H and O–H groups in total. The fraction of sp³-hybridized carbons (Fsp3) is 0.318. The van der Waals surface area contributed by atoms with Crippen LogP contribution in [-0.4, -0.2) is 66.4 Å². The molecule has 0 radical (unpaired) electrons.